The van der Waals surface area contributed by atoms with Gasteiger partial charge in [0.25, 0.3) is 5.69 Å². The second kappa shape index (κ2) is 6.88. The van der Waals surface area contributed by atoms with E-state index in [1.807, 2.05) is 24.3 Å². The first-order valence-corrected chi connectivity index (χ1v) is 7.18. The van der Waals surface area contributed by atoms with Crippen LogP contribution in [0, 0.1) is 17.0 Å². The number of hydrogen-bond acceptors (Lipinski definition) is 3. The largest absolute Gasteiger partial charge is 0.378 e. The molecule has 21 heavy (non-hydrogen) atoms. The number of nitro groups is 1. The number of nitrogens with zero attached hydrogens (tertiary/aromatic N) is 1. The van der Waals surface area contributed by atoms with Crippen LogP contribution < -0.4 is 5.32 Å². The first-order chi connectivity index (χ1) is 10.1. The van der Waals surface area contributed by atoms with Gasteiger partial charge >= 0.3 is 0 Å². The summed E-state index contributed by atoms with van der Waals surface area (Å²) in [7, 11) is 0. The van der Waals surface area contributed by atoms with E-state index in [4.69, 9.17) is 0 Å². The molecular formula is C17H20N2O2. The molecule has 1 atom stereocenters. The van der Waals surface area contributed by atoms with Gasteiger partial charge in [-0.05, 0) is 31.0 Å². The van der Waals surface area contributed by atoms with E-state index >= 15 is 0 Å². The van der Waals surface area contributed by atoms with Crippen molar-refractivity contribution in [3.8, 4) is 0 Å². The summed E-state index contributed by atoms with van der Waals surface area (Å²) >= 11 is 0. The van der Waals surface area contributed by atoms with Gasteiger partial charge in [-0.2, -0.15) is 0 Å². The van der Waals surface area contributed by atoms with E-state index in [0.29, 0.717) is 5.56 Å². The van der Waals surface area contributed by atoms with Crippen molar-refractivity contribution < 1.29 is 4.92 Å². The third kappa shape index (κ3) is 3.81. The molecule has 0 aliphatic carbocycles. The number of nitrogens with one attached hydrogen (secondary N) is 1. The summed E-state index contributed by atoms with van der Waals surface area (Å²) in [5.74, 6) is 0. The molecule has 0 fully saturated rings. The van der Waals surface area contributed by atoms with Crippen molar-refractivity contribution in [2.75, 3.05) is 5.32 Å². The van der Waals surface area contributed by atoms with Crippen LogP contribution in [0.4, 0.5) is 11.4 Å². The first kappa shape index (κ1) is 15.0. The highest BCUT2D eigenvalue weighted by molar-refractivity contribution is 5.54. The molecule has 0 saturated heterocycles. The standard InChI is InChI=1S/C17H20N2O2/c1-3-7-16(14-8-5-4-6-9-14)18-15-10-11-17(19(20)21)13(2)12-15/h4-6,8-12,16,18H,3,7H2,1-2H3. The Morgan fingerprint density at radius 2 is 1.90 bits per heavy atom. The summed E-state index contributed by atoms with van der Waals surface area (Å²) in [5, 5.41) is 14.3. The molecule has 2 aromatic carbocycles. The Kier molecular flexibility index (Phi) is 4.93. The fourth-order valence-electron chi connectivity index (χ4n) is 2.45. The summed E-state index contributed by atoms with van der Waals surface area (Å²) < 4.78 is 0. The highest BCUT2D eigenvalue weighted by atomic mass is 16.6. The highest BCUT2D eigenvalue weighted by Crippen LogP contribution is 2.27. The maximum absolute atomic E-state index is 10.9. The van der Waals surface area contributed by atoms with Gasteiger partial charge < -0.3 is 5.32 Å². The summed E-state index contributed by atoms with van der Waals surface area (Å²) in [6.07, 6.45) is 2.08. The number of hydrogen-bond donors (Lipinski definition) is 1. The number of nitro benzene ring substituents is 1. The first-order valence-electron chi connectivity index (χ1n) is 7.18. The summed E-state index contributed by atoms with van der Waals surface area (Å²) in [6, 6.07) is 15.7. The van der Waals surface area contributed by atoms with Gasteiger partial charge in [-0.15, -0.1) is 0 Å². The van der Waals surface area contributed by atoms with E-state index in [-0.39, 0.29) is 16.7 Å². The topological polar surface area (TPSA) is 55.2 Å². The molecule has 0 aromatic heterocycles. The third-order valence-corrected chi connectivity index (χ3v) is 3.51. The van der Waals surface area contributed by atoms with Crippen LogP contribution in [0.25, 0.3) is 0 Å². The SMILES string of the molecule is CCCC(Nc1ccc([N+](=O)[O-])c(C)c1)c1ccccc1. The Balaban J connectivity index is 2.21. The molecule has 1 N–H and O–H groups in total. The zero-order valence-electron chi connectivity index (χ0n) is 12.4. The molecule has 0 radical (unpaired) electrons. The molecule has 0 bridgehead atoms. The highest BCUT2D eigenvalue weighted by Gasteiger charge is 2.13. The van der Waals surface area contributed by atoms with Crippen molar-refractivity contribution in [3.05, 3.63) is 69.8 Å². The van der Waals surface area contributed by atoms with Crippen LogP contribution >= 0.6 is 0 Å². The number of benzene rings is 2. The number of anilines is 1. The van der Waals surface area contributed by atoms with Crippen LogP contribution in [0.1, 0.15) is 36.9 Å². The maximum Gasteiger partial charge on any atom is 0.272 e. The fourth-order valence-corrected chi connectivity index (χ4v) is 2.45. The number of rotatable bonds is 6. The van der Waals surface area contributed by atoms with Gasteiger partial charge in [0, 0.05) is 17.3 Å². The van der Waals surface area contributed by atoms with Gasteiger partial charge in [0.15, 0.2) is 0 Å². The molecule has 0 spiro atoms. The van der Waals surface area contributed by atoms with Crippen molar-refractivity contribution in [3.63, 3.8) is 0 Å². The summed E-state index contributed by atoms with van der Waals surface area (Å²) in [6.45, 7) is 3.92. The maximum atomic E-state index is 10.9. The van der Waals surface area contributed by atoms with E-state index in [9.17, 15) is 10.1 Å². The van der Waals surface area contributed by atoms with Crippen molar-refractivity contribution >= 4 is 11.4 Å². The lowest BCUT2D eigenvalue weighted by molar-refractivity contribution is -0.385. The lowest BCUT2D eigenvalue weighted by Gasteiger charge is -2.20. The van der Waals surface area contributed by atoms with Crippen molar-refractivity contribution in [2.45, 2.75) is 32.7 Å². The zero-order valence-corrected chi connectivity index (χ0v) is 12.4. The fraction of sp³-hybridized carbons (Fsp3) is 0.294. The molecule has 2 aromatic rings. The van der Waals surface area contributed by atoms with E-state index < -0.39 is 0 Å². The van der Waals surface area contributed by atoms with E-state index in [2.05, 4.69) is 24.4 Å². The minimum Gasteiger partial charge on any atom is -0.378 e. The van der Waals surface area contributed by atoms with Crippen LogP contribution in [0.3, 0.4) is 0 Å². The van der Waals surface area contributed by atoms with E-state index in [0.717, 1.165) is 18.5 Å². The van der Waals surface area contributed by atoms with Gasteiger partial charge in [-0.3, -0.25) is 10.1 Å². The molecule has 110 valence electrons. The van der Waals surface area contributed by atoms with Gasteiger partial charge in [-0.25, -0.2) is 0 Å². The second-order valence-electron chi connectivity index (χ2n) is 5.15. The molecule has 0 heterocycles. The molecule has 0 aliphatic rings. The van der Waals surface area contributed by atoms with Crippen LogP contribution in [0.15, 0.2) is 48.5 Å². The van der Waals surface area contributed by atoms with Crippen LogP contribution in [-0.4, -0.2) is 4.92 Å². The van der Waals surface area contributed by atoms with E-state index in [1.54, 1.807) is 19.1 Å². The lowest BCUT2D eigenvalue weighted by atomic mass is 10.0. The van der Waals surface area contributed by atoms with E-state index in [1.165, 1.54) is 5.56 Å². The predicted octanol–water partition coefficient (Wildman–Crippen LogP) is 4.86. The van der Waals surface area contributed by atoms with Crippen LogP contribution in [0.2, 0.25) is 0 Å². The smallest absolute Gasteiger partial charge is 0.272 e. The predicted molar refractivity (Wildman–Crippen MR) is 85.5 cm³/mol. The quantitative estimate of drug-likeness (QED) is 0.609. The zero-order chi connectivity index (χ0) is 15.2. The van der Waals surface area contributed by atoms with Crippen LogP contribution in [0.5, 0.6) is 0 Å². The van der Waals surface area contributed by atoms with Crippen molar-refractivity contribution in [1.29, 1.82) is 0 Å². The summed E-state index contributed by atoms with van der Waals surface area (Å²) in [5.41, 5.74) is 2.98. The Bertz CT molecular complexity index is 611. The molecular weight excluding hydrogens is 264 g/mol. The lowest BCUT2D eigenvalue weighted by Crippen LogP contribution is -2.10. The van der Waals surface area contributed by atoms with Crippen molar-refractivity contribution in [2.24, 2.45) is 0 Å². The van der Waals surface area contributed by atoms with Crippen LogP contribution in [-0.2, 0) is 0 Å². The molecule has 0 saturated carbocycles. The molecule has 0 aliphatic heterocycles. The normalized spacial score (nSPS) is 11.9. The Hall–Kier alpha value is -2.36. The molecule has 4 nitrogen and oxygen atoms in total. The molecule has 4 heteroatoms. The summed E-state index contributed by atoms with van der Waals surface area (Å²) in [4.78, 5) is 10.5. The Labute approximate surface area is 125 Å². The Morgan fingerprint density at radius 3 is 2.48 bits per heavy atom. The minimum absolute atomic E-state index is 0.160. The minimum atomic E-state index is -0.347. The monoisotopic (exact) mass is 284 g/mol. The molecule has 0 amide bonds. The molecule has 1 unspecified atom stereocenters. The van der Waals surface area contributed by atoms with Gasteiger partial charge in [0.05, 0.1) is 11.0 Å². The van der Waals surface area contributed by atoms with Gasteiger partial charge in [0.1, 0.15) is 0 Å². The van der Waals surface area contributed by atoms with Crippen molar-refractivity contribution in [1.82, 2.24) is 0 Å². The average Bonchev–Trinajstić information content (AvgIpc) is 2.47. The van der Waals surface area contributed by atoms with Gasteiger partial charge in [-0.1, -0.05) is 43.7 Å². The second-order valence-corrected chi connectivity index (χ2v) is 5.15. The average molecular weight is 284 g/mol. The number of aryl methyl sites for hydroxylation is 1. The Morgan fingerprint density at radius 1 is 1.19 bits per heavy atom. The van der Waals surface area contributed by atoms with Gasteiger partial charge in [0.2, 0.25) is 0 Å². The molecule has 2 rings (SSSR count). The third-order valence-electron chi connectivity index (χ3n) is 3.51.